The van der Waals surface area contributed by atoms with Crippen molar-refractivity contribution in [3.8, 4) is 5.75 Å². The summed E-state index contributed by atoms with van der Waals surface area (Å²) < 4.78 is 19.4. The maximum Gasteiger partial charge on any atom is 0.192 e. The maximum absolute atomic E-state index is 9.29. The van der Waals surface area contributed by atoms with Crippen LogP contribution < -0.4 is 4.74 Å². The number of benzene rings is 1. The van der Waals surface area contributed by atoms with E-state index in [2.05, 4.69) is 105 Å². The molecule has 0 saturated heterocycles. The highest BCUT2D eigenvalue weighted by atomic mass is 32.1. The van der Waals surface area contributed by atoms with Gasteiger partial charge >= 0.3 is 0 Å². The second kappa shape index (κ2) is 12.8. The van der Waals surface area contributed by atoms with E-state index in [1.807, 2.05) is 6.08 Å². The molecular weight excluding hydrogens is 513 g/mol. The third-order valence-corrected chi connectivity index (χ3v) is 18.1. The number of aliphatic hydroxyl groups excluding tert-OH is 1. The monoisotopic (exact) mass is 562 g/mol. The van der Waals surface area contributed by atoms with Gasteiger partial charge in [-0.1, -0.05) is 60.6 Å². The number of thiophene rings is 1. The first-order valence-corrected chi connectivity index (χ1v) is 20.1. The van der Waals surface area contributed by atoms with Crippen LogP contribution in [0.2, 0.25) is 36.3 Å². The standard InChI is InChI=1S/C30H50O4SSi2/c1-12-23(17-18-31)28-16-15-27(35-28)22-32-26-14-13-24(20-33-36(8,9)29(2,3)4)25(19-26)21-34-37(10,11)30(5,6)7/h13-17,19,31H,12,18,20-22H2,1-11H3/b23-17-. The zero-order valence-electron chi connectivity index (χ0n) is 25.1. The van der Waals surface area contributed by atoms with Gasteiger partial charge in [0.15, 0.2) is 16.6 Å². The van der Waals surface area contributed by atoms with Crippen LogP contribution in [-0.4, -0.2) is 28.3 Å². The fourth-order valence-corrected chi connectivity index (χ4v) is 6.16. The lowest BCUT2D eigenvalue weighted by molar-refractivity contribution is 0.255. The smallest absolute Gasteiger partial charge is 0.192 e. The molecule has 1 aromatic heterocycles. The Hall–Kier alpha value is -1.23. The van der Waals surface area contributed by atoms with Gasteiger partial charge in [-0.15, -0.1) is 11.3 Å². The van der Waals surface area contributed by atoms with Gasteiger partial charge in [-0.2, -0.15) is 0 Å². The quantitative estimate of drug-likeness (QED) is 0.262. The van der Waals surface area contributed by atoms with E-state index >= 15 is 0 Å². The Bertz CT molecular complexity index is 1040. The SMILES string of the molecule is CC/C(=C/CO)c1ccc(COc2ccc(CO[Si](C)(C)C(C)(C)C)c(CO[Si](C)(C)C(C)(C)C)c2)s1. The highest BCUT2D eigenvalue weighted by Crippen LogP contribution is 2.39. The lowest BCUT2D eigenvalue weighted by atomic mass is 10.1. The third-order valence-electron chi connectivity index (χ3n) is 8.04. The lowest BCUT2D eigenvalue weighted by Gasteiger charge is -2.37. The van der Waals surface area contributed by atoms with E-state index in [0.717, 1.165) is 22.6 Å². The summed E-state index contributed by atoms with van der Waals surface area (Å²) in [7, 11) is -3.77. The van der Waals surface area contributed by atoms with Gasteiger partial charge < -0.3 is 18.7 Å². The molecule has 0 radical (unpaired) electrons. The molecule has 0 unspecified atom stereocenters. The normalized spacial score (nSPS) is 13.8. The average Bonchev–Trinajstić information content (AvgIpc) is 3.26. The minimum absolute atomic E-state index is 0.0676. The summed E-state index contributed by atoms with van der Waals surface area (Å²) in [6, 6.07) is 10.6. The summed E-state index contributed by atoms with van der Waals surface area (Å²) in [6.07, 6.45) is 2.78. The highest BCUT2D eigenvalue weighted by molar-refractivity contribution is 7.13. The molecule has 4 nitrogen and oxygen atoms in total. The van der Waals surface area contributed by atoms with Crippen LogP contribution in [0.4, 0.5) is 0 Å². The van der Waals surface area contributed by atoms with Crippen molar-refractivity contribution in [3.63, 3.8) is 0 Å². The number of allylic oxidation sites excluding steroid dienone is 1. The van der Waals surface area contributed by atoms with Crippen molar-refractivity contribution in [2.45, 2.75) is 111 Å². The van der Waals surface area contributed by atoms with Gasteiger partial charge in [0, 0.05) is 9.75 Å². The molecule has 2 rings (SSSR count). The minimum atomic E-state index is -1.90. The van der Waals surface area contributed by atoms with Crippen molar-refractivity contribution in [1.82, 2.24) is 0 Å². The van der Waals surface area contributed by atoms with E-state index in [1.165, 1.54) is 16.0 Å². The van der Waals surface area contributed by atoms with Crippen LogP contribution >= 0.6 is 11.3 Å². The van der Waals surface area contributed by atoms with Gasteiger partial charge in [0.25, 0.3) is 0 Å². The maximum atomic E-state index is 9.29. The fraction of sp³-hybridized carbons (Fsp3) is 0.600. The first kappa shape index (κ1) is 32.0. The van der Waals surface area contributed by atoms with E-state index in [-0.39, 0.29) is 16.7 Å². The van der Waals surface area contributed by atoms with Crippen molar-refractivity contribution >= 4 is 33.5 Å². The second-order valence-corrected chi connectivity index (χ2v) is 23.6. The molecule has 7 heteroatoms. The van der Waals surface area contributed by atoms with Crippen molar-refractivity contribution in [3.05, 3.63) is 57.3 Å². The summed E-state index contributed by atoms with van der Waals surface area (Å²) in [5, 5.41) is 9.60. The van der Waals surface area contributed by atoms with E-state index in [4.69, 9.17) is 13.6 Å². The van der Waals surface area contributed by atoms with Gasteiger partial charge in [-0.25, -0.2) is 0 Å². The molecule has 0 aliphatic heterocycles. The first-order chi connectivity index (χ1) is 17.0. The Morgan fingerprint density at radius 1 is 0.838 bits per heavy atom. The number of hydrogen-bond acceptors (Lipinski definition) is 5. The van der Waals surface area contributed by atoms with Gasteiger partial charge in [0.2, 0.25) is 0 Å². The van der Waals surface area contributed by atoms with Crippen LogP contribution in [-0.2, 0) is 28.7 Å². The van der Waals surface area contributed by atoms with Gasteiger partial charge in [0.05, 0.1) is 19.8 Å². The van der Waals surface area contributed by atoms with Crippen molar-refractivity contribution in [1.29, 1.82) is 0 Å². The van der Waals surface area contributed by atoms with E-state index in [9.17, 15) is 5.11 Å². The molecule has 0 aliphatic carbocycles. The summed E-state index contributed by atoms with van der Waals surface area (Å²) in [4.78, 5) is 2.36. The number of aliphatic hydroxyl groups is 1. The Balaban J connectivity index is 2.23. The number of rotatable bonds is 12. The number of hydrogen-bond donors (Lipinski definition) is 1. The Morgan fingerprint density at radius 3 is 1.92 bits per heavy atom. The van der Waals surface area contributed by atoms with E-state index < -0.39 is 16.6 Å². The summed E-state index contributed by atoms with van der Waals surface area (Å²) in [5.74, 6) is 0.849. The molecule has 0 aliphatic rings. The topological polar surface area (TPSA) is 47.9 Å². The summed E-state index contributed by atoms with van der Waals surface area (Å²) in [6.45, 7) is 26.7. The van der Waals surface area contributed by atoms with Crippen LogP contribution in [0.1, 0.15) is 75.8 Å². The van der Waals surface area contributed by atoms with E-state index in [1.54, 1.807) is 11.3 Å². The molecule has 1 N–H and O–H groups in total. The predicted molar refractivity (Wildman–Crippen MR) is 164 cm³/mol. The molecule has 0 bridgehead atoms. The molecule has 37 heavy (non-hydrogen) atoms. The van der Waals surface area contributed by atoms with Gasteiger partial charge in [0.1, 0.15) is 12.4 Å². The lowest BCUT2D eigenvalue weighted by Crippen LogP contribution is -2.41. The molecule has 1 heterocycles. The van der Waals surface area contributed by atoms with Crippen molar-refractivity contribution < 1.29 is 18.7 Å². The van der Waals surface area contributed by atoms with Crippen molar-refractivity contribution in [2.75, 3.05) is 6.61 Å². The molecule has 2 aromatic rings. The Kier molecular flexibility index (Phi) is 11.0. The first-order valence-electron chi connectivity index (χ1n) is 13.4. The van der Waals surface area contributed by atoms with Crippen LogP contribution in [0.15, 0.2) is 36.4 Å². The van der Waals surface area contributed by atoms with Gasteiger partial charge in [-0.3, -0.25) is 0 Å². The Labute approximate surface area is 232 Å². The van der Waals surface area contributed by atoms with Crippen LogP contribution in [0, 0.1) is 0 Å². The molecule has 0 amide bonds. The van der Waals surface area contributed by atoms with Crippen molar-refractivity contribution in [2.24, 2.45) is 0 Å². The number of ether oxygens (including phenoxy) is 1. The molecule has 0 saturated carbocycles. The third kappa shape index (κ3) is 8.90. The average molecular weight is 563 g/mol. The summed E-state index contributed by atoms with van der Waals surface area (Å²) in [5.41, 5.74) is 3.50. The minimum Gasteiger partial charge on any atom is -0.488 e. The molecule has 0 atom stereocenters. The molecular formula is C30H50O4SSi2. The van der Waals surface area contributed by atoms with Crippen LogP contribution in [0.25, 0.3) is 5.57 Å². The summed E-state index contributed by atoms with van der Waals surface area (Å²) >= 11 is 1.72. The largest absolute Gasteiger partial charge is 0.488 e. The molecule has 0 spiro atoms. The molecule has 1 aromatic carbocycles. The Morgan fingerprint density at radius 2 is 1.41 bits per heavy atom. The van der Waals surface area contributed by atoms with Gasteiger partial charge in [-0.05, 0) is 83.7 Å². The molecule has 0 fully saturated rings. The van der Waals surface area contributed by atoms with Crippen LogP contribution in [0.3, 0.4) is 0 Å². The fourth-order valence-electron chi connectivity index (χ4n) is 3.23. The van der Waals surface area contributed by atoms with E-state index in [0.29, 0.717) is 19.8 Å². The predicted octanol–water partition coefficient (Wildman–Crippen LogP) is 9.16. The van der Waals surface area contributed by atoms with Crippen LogP contribution in [0.5, 0.6) is 5.75 Å². The zero-order chi connectivity index (χ0) is 28.1. The second-order valence-electron chi connectivity index (χ2n) is 12.8. The highest BCUT2D eigenvalue weighted by Gasteiger charge is 2.38. The molecule has 208 valence electrons. The zero-order valence-corrected chi connectivity index (χ0v) is 27.9.